The topological polar surface area (TPSA) is 73.9 Å². The third-order valence-electron chi connectivity index (χ3n) is 4.53. The maximum Gasteiger partial charge on any atom is 0.317 e. The first-order chi connectivity index (χ1) is 10.2. The van der Waals surface area contributed by atoms with Crippen molar-refractivity contribution in [2.75, 3.05) is 7.05 Å². The Morgan fingerprint density at radius 1 is 1.48 bits per heavy atom. The largest absolute Gasteiger partial charge is 0.334 e. The van der Waals surface area contributed by atoms with Crippen LogP contribution in [-0.2, 0) is 13.0 Å². The standard InChI is InChI=1S/C15H17N5O/c1-20(7-12-16-8-17-19-12)15(21)18-14-11-6-9-4-2-3-5-10(9)13(11)14/h2-5,8,11,13-14H,6-7H2,1H3,(H,18,21)(H,16,17,19)/t11-,13+,14+/m0/s1. The lowest BCUT2D eigenvalue weighted by molar-refractivity contribution is 0.204. The first-order valence-corrected chi connectivity index (χ1v) is 7.17. The number of nitrogens with zero attached hydrogens (tertiary/aromatic N) is 3. The van der Waals surface area contributed by atoms with E-state index in [-0.39, 0.29) is 12.1 Å². The normalized spacial score (nSPS) is 25.1. The molecule has 0 spiro atoms. The van der Waals surface area contributed by atoms with Crippen molar-refractivity contribution in [3.8, 4) is 0 Å². The third kappa shape index (κ3) is 2.07. The van der Waals surface area contributed by atoms with Gasteiger partial charge in [0.15, 0.2) is 0 Å². The molecule has 2 aliphatic rings. The predicted octanol–water partition coefficient (Wildman–Crippen LogP) is 1.28. The van der Waals surface area contributed by atoms with Crippen LogP contribution in [0.3, 0.4) is 0 Å². The molecule has 0 unspecified atom stereocenters. The Bertz CT molecular complexity index is 668. The minimum atomic E-state index is -0.0525. The van der Waals surface area contributed by atoms with Crippen LogP contribution < -0.4 is 5.32 Å². The highest BCUT2D eigenvalue weighted by molar-refractivity contribution is 5.75. The van der Waals surface area contributed by atoms with Crippen LogP contribution in [0.1, 0.15) is 22.9 Å². The number of fused-ring (bicyclic) bond motifs is 3. The molecule has 6 nitrogen and oxygen atoms in total. The Kier molecular flexibility index (Phi) is 2.70. The summed E-state index contributed by atoms with van der Waals surface area (Å²) in [6, 6.07) is 8.77. The van der Waals surface area contributed by atoms with Gasteiger partial charge in [-0.05, 0) is 23.5 Å². The number of urea groups is 1. The second-order valence-electron chi connectivity index (χ2n) is 5.86. The number of H-pyrrole nitrogens is 1. The summed E-state index contributed by atoms with van der Waals surface area (Å²) >= 11 is 0. The van der Waals surface area contributed by atoms with Crippen molar-refractivity contribution in [3.05, 3.63) is 47.5 Å². The average molecular weight is 283 g/mol. The molecule has 4 rings (SSSR count). The molecule has 6 heteroatoms. The SMILES string of the molecule is CN(Cc1ncn[nH]1)C(=O)N[C@@H]1[C@H]2Cc3ccccc3[C@H]21. The predicted molar refractivity (Wildman–Crippen MR) is 76.5 cm³/mol. The third-order valence-corrected chi connectivity index (χ3v) is 4.53. The molecule has 2 aromatic rings. The Morgan fingerprint density at radius 3 is 3.14 bits per heavy atom. The van der Waals surface area contributed by atoms with E-state index in [0.29, 0.717) is 24.2 Å². The zero-order valence-corrected chi connectivity index (χ0v) is 11.8. The summed E-state index contributed by atoms with van der Waals surface area (Å²) in [6.45, 7) is 0.435. The van der Waals surface area contributed by atoms with E-state index in [9.17, 15) is 4.79 Å². The summed E-state index contributed by atoms with van der Waals surface area (Å²) < 4.78 is 0. The number of carbonyl (C=O) groups is 1. The molecular weight excluding hydrogens is 266 g/mol. The van der Waals surface area contributed by atoms with E-state index in [1.807, 2.05) is 0 Å². The summed E-state index contributed by atoms with van der Waals surface area (Å²) in [5, 5.41) is 9.68. The van der Waals surface area contributed by atoms with Gasteiger partial charge in [0.25, 0.3) is 0 Å². The number of carbonyl (C=O) groups excluding carboxylic acids is 1. The van der Waals surface area contributed by atoms with Gasteiger partial charge in [-0.1, -0.05) is 24.3 Å². The van der Waals surface area contributed by atoms with Gasteiger partial charge in [-0.15, -0.1) is 0 Å². The van der Waals surface area contributed by atoms with Crippen LogP contribution in [0.25, 0.3) is 0 Å². The summed E-state index contributed by atoms with van der Waals surface area (Å²) in [5.74, 6) is 1.77. The Hall–Kier alpha value is -2.37. The van der Waals surface area contributed by atoms with Gasteiger partial charge in [-0.25, -0.2) is 9.78 Å². The van der Waals surface area contributed by atoms with E-state index in [1.165, 1.54) is 17.5 Å². The highest BCUT2D eigenvalue weighted by atomic mass is 16.2. The molecule has 1 fully saturated rings. The second-order valence-corrected chi connectivity index (χ2v) is 5.86. The number of nitrogens with one attached hydrogen (secondary N) is 2. The lowest BCUT2D eigenvalue weighted by atomic mass is 10.1. The van der Waals surface area contributed by atoms with E-state index < -0.39 is 0 Å². The first kappa shape index (κ1) is 12.4. The summed E-state index contributed by atoms with van der Waals surface area (Å²) in [4.78, 5) is 17.9. The Labute approximate surface area is 122 Å². The van der Waals surface area contributed by atoms with E-state index in [0.717, 1.165) is 6.42 Å². The molecule has 0 aliphatic heterocycles. The van der Waals surface area contributed by atoms with Gasteiger partial charge in [0.2, 0.25) is 0 Å². The van der Waals surface area contributed by atoms with E-state index >= 15 is 0 Å². The highest BCUT2D eigenvalue weighted by Gasteiger charge is 2.56. The lowest BCUT2D eigenvalue weighted by Crippen LogP contribution is -2.39. The van der Waals surface area contributed by atoms with Gasteiger partial charge in [0.1, 0.15) is 12.2 Å². The molecule has 2 aliphatic carbocycles. The van der Waals surface area contributed by atoms with Gasteiger partial charge >= 0.3 is 6.03 Å². The summed E-state index contributed by atoms with van der Waals surface area (Å²) in [5.41, 5.74) is 2.85. The van der Waals surface area contributed by atoms with Crippen molar-refractivity contribution in [1.29, 1.82) is 0 Å². The minimum Gasteiger partial charge on any atom is -0.334 e. The second kappa shape index (κ2) is 4.58. The van der Waals surface area contributed by atoms with Crippen LogP contribution in [0, 0.1) is 5.92 Å². The molecule has 21 heavy (non-hydrogen) atoms. The number of hydrogen-bond donors (Lipinski definition) is 2. The number of benzene rings is 1. The van der Waals surface area contributed by atoms with Crippen molar-refractivity contribution < 1.29 is 4.79 Å². The molecule has 108 valence electrons. The van der Waals surface area contributed by atoms with Gasteiger partial charge in [0, 0.05) is 19.0 Å². The van der Waals surface area contributed by atoms with Gasteiger partial charge in [0.05, 0.1) is 6.54 Å². The lowest BCUT2D eigenvalue weighted by Gasteiger charge is -2.17. The van der Waals surface area contributed by atoms with Gasteiger partial charge in [-0.3, -0.25) is 5.10 Å². The molecule has 0 radical (unpaired) electrons. The van der Waals surface area contributed by atoms with Crippen LogP contribution in [0.15, 0.2) is 30.6 Å². The van der Waals surface area contributed by atoms with Crippen molar-refractivity contribution in [2.45, 2.75) is 24.9 Å². The fourth-order valence-corrected chi connectivity index (χ4v) is 3.40. The molecule has 1 aromatic carbocycles. The smallest absolute Gasteiger partial charge is 0.317 e. The number of rotatable bonds is 3. The molecule has 1 heterocycles. The van der Waals surface area contributed by atoms with Crippen LogP contribution in [0.5, 0.6) is 0 Å². The molecular formula is C15H17N5O. The molecule has 3 atom stereocenters. The Morgan fingerprint density at radius 2 is 2.33 bits per heavy atom. The zero-order chi connectivity index (χ0) is 14.4. The number of hydrogen-bond acceptors (Lipinski definition) is 3. The van der Waals surface area contributed by atoms with Crippen molar-refractivity contribution in [2.24, 2.45) is 5.92 Å². The van der Waals surface area contributed by atoms with E-state index in [4.69, 9.17) is 0 Å². The maximum absolute atomic E-state index is 12.2. The van der Waals surface area contributed by atoms with Crippen molar-refractivity contribution >= 4 is 6.03 Å². The molecule has 2 amide bonds. The maximum atomic E-state index is 12.2. The first-order valence-electron chi connectivity index (χ1n) is 7.17. The van der Waals surface area contributed by atoms with Crippen molar-refractivity contribution in [3.63, 3.8) is 0 Å². The summed E-state index contributed by atoms with van der Waals surface area (Å²) in [7, 11) is 1.77. The quantitative estimate of drug-likeness (QED) is 0.891. The number of aromatic amines is 1. The fraction of sp³-hybridized carbons (Fsp3) is 0.400. The highest BCUT2D eigenvalue weighted by Crippen LogP contribution is 2.56. The Balaban J connectivity index is 1.37. The van der Waals surface area contributed by atoms with E-state index in [1.54, 1.807) is 11.9 Å². The van der Waals surface area contributed by atoms with Gasteiger partial charge in [-0.2, -0.15) is 5.10 Å². The molecule has 1 saturated carbocycles. The molecule has 0 bridgehead atoms. The molecule has 0 saturated heterocycles. The molecule has 2 N–H and O–H groups in total. The van der Waals surface area contributed by atoms with Crippen molar-refractivity contribution in [1.82, 2.24) is 25.4 Å². The average Bonchev–Trinajstić information content (AvgIpc) is 2.86. The minimum absolute atomic E-state index is 0.0525. The van der Waals surface area contributed by atoms with Crippen LogP contribution in [0.4, 0.5) is 4.79 Å². The zero-order valence-electron chi connectivity index (χ0n) is 11.8. The van der Waals surface area contributed by atoms with Gasteiger partial charge < -0.3 is 10.2 Å². The van der Waals surface area contributed by atoms with Crippen LogP contribution >= 0.6 is 0 Å². The monoisotopic (exact) mass is 283 g/mol. The fourth-order valence-electron chi connectivity index (χ4n) is 3.40. The van der Waals surface area contributed by atoms with Crippen LogP contribution in [-0.4, -0.2) is 39.2 Å². The van der Waals surface area contributed by atoms with E-state index in [2.05, 4.69) is 44.8 Å². The number of aromatic nitrogens is 3. The van der Waals surface area contributed by atoms with Crippen LogP contribution in [0.2, 0.25) is 0 Å². The molecule has 1 aromatic heterocycles. The number of amides is 2. The summed E-state index contributed by atoms with van der Waals surface area (Å²) in [6.07, 6.45) is 2.53.